The van der Waals surface area contributed by atoms with E-state index in [0.29, 0.717) is 5.92 Å². The molecule has 114 valence electrons. The van der Waals surface area contributed by atoms with Gasteiger partial charge < -0.3 is 4.74 Å². The Hall–Kier alpha value is -1.29. The largest absolute Gasteiger partial charge is 0.497 e. The Bertz CT molecular complexity index is 580. The second kappa shape index (κ2) is 7.64. The fourth-order valence-corrected chi connectivity index (χ4v) is 3.10. The summed E-state index contributed by atoms with van der Waals surface area (Å²) in [7, 11) is 1.71. The number of rotatable bonds is 7. The molecule has 0 fully saturated rings. The van der Waals surface area contributed by atoms with Crippen molar-refractivity contribution in [2.24, 2.45) is 5.92 Å². The van der Waals surface area contributed by atoms with Gasteiger partial charge in [-0.05, 0) is 56.4 Å². The number of halogens is 1. The standard InChI is InChI=1S/C17H23BrN2O/c1-4-20-16(8-13(2)19-20)10-15(12-18)9-14-6-5-7-17(11-14)21-3/h5-8,11,15H,4,9-10,12H2,1-3H3. The number of methoxy groups -OCH3 is 1. The zero-order valence-corrected chi connectivity index (χ0v) is 14.6. The number of aromatic nitrogens is 2. The lowest BCUT2D eigenvalue weighted by atomic mass is 9.96. The molecule has 2 rings (SSSR count). The number of hydrogen-bond acceptors (Lipinski definition) is 2. The van der Waals surface area contributed by atoms with Gasteiger partial charge in [0.2, 0.25) is 0 Å². The Morgan fingerprint density at radius 2 is 2.10 bits per heavy atom. The van der Waals surface area contributed by atoms with E-state index in [1.54, 1.807) is 7.11 Å². The minimum atomic E-state index is 0.554. The zero-order valence-electron chi connectivity index (χ0n) is 13.0. The first-order chi connectivity index (χ1) is 10.2. The van der Waals surface area contributed by atoms with Crippen LogP contribution in [0.4, 0.5) is 0 Å². The van der Waals surface area contributed by atoms with Crippen LogP contribution in [0.2, 0.25) is 0 Å². The summed E-state index contributed by atoms with van der Waals surface area (Å²) in [6.45, 7) is 5.12. The number of benzene rings is 1. The molecule has 0 aliphatic rings. The second-order valence-corrected chi connectivity index (χ2v) is 6.02. The van der Waals surface area contributed by atoms with Crippen LogP contribution in [0.15, 0.2) is 30.3 Å². The Morgan fingerprint density at radius 3 is 2.76 bits per heavy atom. The van der Waals surface area contributed by atoms with Gasteiger partial charge >= 0.3 is 0 Å². The molecule has 21 heavy (non-hydrogen) atoms. The highest BCUT2D eigenvalue weighted by atomic mass is 79.9. The van der Waals surface area contributed by atoms with Crippen LogP contribution in [0, 0.1) is 12.8 Å². The fraction of sp³-hybridized carbons (Fsp3) is 0.471. The van der Waals surface area contributed by atoms with Gasteiger partial charge in [-0.1, -0.05) is 28.1 Å². The smallest absolute Gasteiger partial charge is 0.119 e. The number of hydrogen-bond donors (Lipinski definition) is 0. The molecule has 0 N–H and O–H groups in total. The molecule has 0 aliphatic carbocycles. The lowest BCUT2D eigenvalue weighted by Crippen LogP contribution is -2.13. The first kappa shape index (κ1) is 16.1. The maximum Gasteiger partial charge on any atom is 0.119 e. The van der Waals surface area contributed by atoms with Crippen molar-refractivity contribution in [3.63, 3.8) is 0 Å². The van der Waals surface area contributed by atoms with Gasteiger partial charge in [-0.3, -0.25) is 4.68 Å². The molecule has 0 radical (unpaired) electrons. The third-order valence-corrected chi connectivity index (χ3v) is 4.58. The molecule has 1 aromatic carbocycles. The Kier molecular flexibility index (Phi) is 5.85. The Morgan fingerprint density at radius 1 is 1.29 bits per heavy atom. The third-order valence-electron chi connectivity index (χ3n) is 3.66. The number of ether oxygens (including phenoxy) is 1. The van der Waals surface area contributed by atoms with E-state index in [9.17, 15) is 0 Å². The van der Waals surface area contributed by atoms with Crippen LogP contribution in [0.3, 0.4) is 0 Å². The minimum Gasteiger partial charge on any atom is -0.497 e. The van der Waals surface area contributed by atoms with Crippen molar-refractivity contribution < 1.29 is 4.74 Å². The van der Waals surface area contributed by atoms with Gasteiger partial charge in [0.15, 0.2) is 0 Å². The van der Waals surface area contributed by atoms with Crippen LogP contribution >= 0.6 is 15.9 Å². The highest BCUT2D eigenvalue weighted by Gasteiger charge is 2.13. The van der Waals surface area contributed by atoms with Gasteiger partial charge in [0.05, 0.1) is 12.8 Å². The number of aryl methyl sites for hydroxylation is 2. The summed E-state index contributed by atoms with van der Waals surface area (Å²) in [4.78, 5) is 0. The lowest BCUT2D eigenvalue weighted by molar-refractivity contribution is 0.413. The summed E-state index contributed by atoms with van der Waals surface area (Å²) in [5.74, 6) is 1.48. The van der Waals surface area contributed by atoms with E-state index >= 15 is 0 Å². The van der Waals surface area contributed by atoms with Crippen LogP contribution in [-0.2, 0) is 19.4 Å². The summed E-state index contributed by atoms with van der Waals surface area (Å²) >= 11 is 3.66. The third kappa shape index (κ3) is 4.34. The van der Waals surface area contributed by atoms with Crippen molar-refractivity contribution >= 4 is 15.9 Å². The van der Waals surface area contributed by atoms with E-state index in [0.717, 1.165) is 36.2 Å². The summed E-state index contributed by atoms with van der Waals surface area (Å²) in [5.41, 5.74) is 3.74. The van der Waals surface area contributed by atoms with E-state index in [1.807, 2.05) is 6.07 Å². The molecule has 3 nitrogen and oxygen atoms in total. The van der Waals surface area contributed by atoms with Crippen LogP contribution in [0.25, 0.3) is 0 Å². The molecule has 0 aliphatic heterocycles. The zero-order chi connectivity index (χ0) is 15.2. The molecule has 0 bridgehead atoms. The minimum absolute atomic E-state index is 0.554. The summed E-state index contributed by atoms with van der Waals surface area (Å²) in [5, 5.41) is 5.52. The molecule has 4 heteroatoms. The van der Waals surface area contributed by atoms with Crippen LogP contribution in [0.5, 0.6) is 5.75 Å². The van der Waals surface area contributed by atoms with Crippen molar-refractivity contribution in [3.8, 4) is 5.75 Å². The van der Waals surface area contributed by atoms with Crippen LogP contribution in [-0.4, -0.2) is 22.2 Å². The molecule has 1 unspecified atom stereocenters. The van der Waals surface area contributed by atoms with E-state index in [-0.39, 0.29) is 0 Å². The van der Waals surface area contributed by atoms with Crippen molar-refractivity contribution in [3.05, 3.63) is 47.3 Å². The average molecular weight is 351 g/mol. The van der Waals surface area contributed by atoms with E-state index in [2.05, 4.69) is 63.8 Å². The quantitative estimate of drug-likeness (QED) is 0.705. The maximum absolute atomic E-state index is 5.30. The SMILES string of the molecule is CCn1nc(C)cc1CC(CBr)Cc1cccc(OC)c1. The van der Waals surface area contributed by atoms with Crippen LogP contribution in [0.1, 0.15) is 23.9 Å². The summed E-state index contributed by atoms with van der Waals surface area (Å²) in [6.07, 6.45) is 2.08. The number of nitrogens with zero attached hydrogens (tertiary/aromatic N) is 2. The van der Waals surface area contributed by atoms with Gasteiger partial charge in [0.25, 0.3) is 0 Å². The van der Waals surface area contributed by atoms with Gasteiger partial charge in [-0.25, -0.2) is 0 Å². The van der Waals surface area contributed by atoms with Crippen molar-refractivity contribution in [1.82, 2.24) is 9.78 Å². The molecule has 1 atom stereocenters. The van der Waals surface area contributed by atoms with Crippen molar-refractivity contribution in [2.75, 3.05) is 12.4 Å². The predicted octanol–water partition coefficient (Wildman–Crippen LogP) is 4.02. The second-order valence-electron chi connectivity index (χ2n) is 5.37. The van der Waals surface area contributed by atoms with Crippen molar-refractivity contribution in [2.45, 2.75) is 33.2 Å². The molecule has 0 amide bonds. The monoisotopic (exact) mass is 350 g/mol. The molecule has 1 heterocycles. The molecule has 0 spiro atoms. The van der Waals surface area contributed by atoms with Gasteiger partial charge in [-0.15, -0.1) is 0 Å². The summed E-state index contributed by atoms with van der Waals surface area (Å²) < 4.78 is 7.41. The van der Waals surface area contributed by atoms with Crippen LogP contribution < -0.4 is 4.74 Å². The molecular weight excluding hydrogens is 328 g/mol. The molecule has 0 saturated carbocycles. The molecule has 1 aromatic heterocycles. The predicted molar refractivity (Wildman–Crippen MR) is 90.3 cm³/mol. The van der Waals surface area contributed by atoms with Gasteiger partial charge in [-0.2, -0.15) is 5.10 Å². The maximum atomic E-state index is 5.30. The first-order valence-electron chi connectivity index (χ1n) is 7.38. The van der Waals surface area contributed by atoms with Gasteiger partial charge in [0, 0.05) is 17.6 Å². The normalized spacial score (nSPS) is 12.4. The Balaban J connectivity index is 2.08. The highest BCUT2D eigenvalue weighted by molar-refractivity contribution is 9.09. The van der Waals surface area contributed by atoms with E-state index < -0.39 is 0 Å². The topological polar surface area (TPSA) is 27.1 Å². The van der Waals surface area contributed by atoms with E-state index in [1.165, 1.54) is 11.3 Å². The molecule has 2 aromatic rings. The van der Waals surface area contributed by atoms with Crippen molar-refractivity contribution in [1.29, 1.82) is 0 Å². The Labute approximate surface area is 135 Å². The number of alkyl halides is 1. The highest BCUT2D eigenvalue weighted by Crippen LogP contribution is 2.20. The molecular formula is C17H23BrN2O. The summed E-state index contributed by atoms with van der Waals surface area (Å²) in [6, 6.07) is 10.5. The first-order valence-corrected chi connectivity index (χ1v) is 8.50. The fourth-order valence-electron chi connectivity index (χ4n) is 2.65. The van der Waals surface area contributed by atoms with Gasteiger partial charge in [0.1, 0.15) is 5.75 Å². The average Bonchev–Trinajstić information content (AvgIpc) is 2.86. The lowest BCUT2D eigenvalue weighted by Gasteiger charge is -2.15. The molecule has 0 saturated heterocycles. The van der Waals surface area contributed by atoms with E-state index in [4.69, 9.17) is 4.74 Å².